The lowest BCUT2D eigenvalue weighted by Gasteiger charge is -2.33. The van der Waals surface area contributed by atoms with E-state index in [1.807, 2.05) is 17.0 Å². The number of hydrogen-bond donors (Lipinski definition) is 0. The van der Waals surface area contributed by atoms with Crippen LogP contribution in [0.1, 0.15) is 50.5 Å². The van der Waals surface area contributed by atoms with E-state index < -0.39 is 0 Å². The summed E-state index contributed by atoms with van der Waals surface area (Å²) >= 11 is 0. The van der Waals surface area contributed by atoms with Gasteiger partial charge in [0.15, 0.2) is 0 Å². The molecule has 0 spiro atoms. The predicted octanol–water partition coefficient (Wildman–Crippen LogP) is 3.04. The Morgan fingerprint density at radius 2 is 1.57 bits per heavy atom. The van der Waals surface area contributed by atoms with Gasteiger partial charge in [0.25, 0.3) is 0 Å². The van der Waals surface area contributed by atoms with Crippen molar-refractivity contribution in [3.05, 3.63) is 29.8 Å². The Labute approximate surface area is 178 Å². The van der Waals surface area contributed by atoms with Crippen LogP contribution >= 0.6 is 0 Å². The highest BCUT2D eigenvalue weighted by Crippen LogP contribution is 2.38. The van der Waals surface area contributed by atoms with Crippen molar-refractivity contribution in [2.24, 2.45) is 17.8 Å². The number of carbonyl (C=O) groups is 3. The maximum atomic E-state index is 12.8. The van der Waals surface area contributed by atoms with Crippen LogP contribution in [0.5, 0.6) is 5.75 Å². The zero-order valence-corrected chi connectivity index (χ0v) is 17.8. The first-order valence-electron chi connectivity index (χ1n) is 11.3. The summed E-state index contributed by atoms with van der Waals surface area (Å²) in [6, 6.07) is 8.21. The topological polar surface area (TPSA) is 66.9 Å². The van der Waals surface area contributed by atoms with Crippen molar-refractivity contribution in [1.82, 2.24) is 9.80 Å². The van der Waals surface area contributed by atoms with E-state index in [9.17, 15) is 14.4 Å². The zero-order chi connectivity index (χ0) is 21.1. The third-order valence-electron chi connectivity index (χ3n) is 7.19. The van der Waals surface area contributed by atoms with Crippen LogP contribution in [0.15, 0.2) is 24.3 Å². The maximum absolute atomic E-state index is 12.8. The number of likely N-dealkylation sites (tertiary alicyclic amines) is 2. The highest BCUT2D eigenvalue weighted by atomic mass is 16.5. The van der Waals surface area contributed by atoms with E-state index >= 15 is 0 Å². The third kappa shape index (κ3) is 4.37. The van der Waals surface area contributed by atoms with Crippen molar-refractivity contribution in [3.63, 3.8) is 0 Å². The number of aryl methyl sites for hydroxylation is 1. The highest BCUT2D eigenvalue weighted by Gasteiger charge is 2.48. The molecule has 3 fully saturated rings. The number of fused-ring (bicyclic) bond motifs is 1. The fourth-order valence-electron chi connectivity index (χ4n) is 5.26. The molecule has 1 saturated carbocycles. The monoisotopic (exact) mass is 412 g/mol. The molecule has 2 unspecified atom stereocenters. The van der Waals surface area contributed by atoms with Crippen LogP contribution in [0.25, 0.3) is 0 Å². The standard InChI is InChI=1S/C24H32N2O4/c1-30-19-10-8-17(9-11-19)6-7-18-12-14-25(15-13-18)22(27)16-26-23(28)20-4-2-3-5-21(20)24(26)29/h8-11,18,20-21H,2-7,12-16H2,1H3. The van der Waals surface area contributed by atoms with E-state index in [1.54, 1.807) is 7.11 Å². The lowest BCUT2D eigenvalue weighted by atomic mass is 9.81. The van der Waals surface area contributed by atoms with Crippen molar-refractivity contribution in [2.45, 2.75) is 51.4 Å². The summed E-state index contributed by atoms with van der Waals surface area (Å²) in [4.78, 5) is 41.1. The molecule has 6 nitrogen and oxygen atoms in total. The fourth-order valence-corrected chi connectivity index (χ4v) is 5.26. The molecule has 0 N–H and O–H groups in total. The fraction of sp³-hybridized carbons (Fsp3) is 0.625. The van der Waals surface area contributed by atoms with Crippen molar-refractivity contribution >= 4 is 17.7 Å². The molecule has 2 heterocycles. The summed E-state index contributed by atoms with van der Waals surface area (Å²) in [6.07, 6.45) is 7.70. The zero-order valence-electron chi connectivity index (χ0n) is 17.8. The van der Waals surface area contributed by atoms with Crippen molar-refractivity contribution < 1.29 is 19.1 Å². The molecule has 0 bridgehead atoms. The quantitative estimate of drug-likeness (QED) is 0.674. The molecule has 1 aromatic carbocycles. The average Bonchev–Trinajstić information content (AvgIpc) is 3.03. The van der Waals surface area contributed by atoms with Gasteiger partial charge in [-0.15, -0.1) is 0 Å². The molecule has 6 heteroatoms. The molecule has 2 saturated heterocycles. The molecule has 0 aromatic heterocycles. The number of methoxy groups -OCH3 is 1. The van der Waals surface area contributed by atoms with Crippen molar-refractivity contribution in [2.75, 3.05) is 26.7 Å². The van der Waals surface area contributed by atoms with Crippen LogP contribution in [0.2, 0.25) is 0 Å². The number of carbonyl (C=O) groups excluding carboxylic acids is 3. The molecule has 1 aromatic rings. The second-order valence-electron chi connectivity index (χ2n) is 8.97. The number of hydrogen-bond acceptors (Lipinski definition) is 4. The van der Waals surface area contributed by atoms with Gasteiger partial charge in [0.1, 0.15) is 12.3 Å². The number of piperidine rings is 1. The van der Waals surface area contributed by atoms with Gasteiger partial charge < -0.3 is 9.64 Å². The molecule has 3 aliphatic rings. The minimum atomic E-state index is -0.178. The van der Waals surface area contributed by atoms with Crippen LogP contribution in [-0.4, -0.2) is 54.3 Å². The Kier molecular flexibility index (Phi) is 6.40. The van der Waals surface area contributed by atoms with Gasteiger partial charge in [-0.1, -0.05) is 25.0 Å². The van der Waals surface area contributed by atoms with Gasteiger partial charge in [0.05, 0.1) is 18.9 Å². The van der Waals surface area contributed by atoms with Crippen LogP contribution in [0.3, 0.4) is 0 Å². The van der Waals surface area contributed by atoms with E-state index in [4.69, 9.17) is 4.74 Å². The number of ether oxygens (including phenoxy) is 1. The Morgan fingerprint density at radius 1 is 0.967 bits per heavy atom. The molecular weight excluding hydrogens is 380 g/mol. The Hall–Kier alpha value is -2.37. The SMILES string of the molecule is COc1ccc(CCC2CCN(C(=O)CN3C(=O)C4CCCCC4C3=O)CC2)cc1. The largest absolute Gasteiger partial charge is 0.497 e. The molecule has 3 amide bonds. The van der Waals surface area contributed by atoms with Crippen LogP contribution in [-0.2, 0) is 20.8 Å². The summed E-state index contributed by atoms with van der Waals surface area (Å²) in [5.74, 6) is 0.808. The smallest absolute Gasteiger partial charge is 0.242 e. The van der Waals surface area contributed by atoms with Crippen LogP contribution < -0.4 is 4.74 Å². The molecule has 30 heavy (non-hydrogen) atoms. The summed E-state index contributed by atoms with van der Waals surface area (Å²) in [5.41, 5.74) is 1.31. The summed E-state index contributed by atoms with van der Waals surface area (Å²) in [7, 11) is 1.67. The van der Waals surface area contributed by atoms with E-state index in [0.717, 1.165) is 70.2 Å². The van der Waals surface area contributed by atoms with Crippen LogP contribution in [0, 0.1) is 17.8 Å². The van der Waals surface area contributed by atoms with Gasteiger partial charge in [-0.3, -0.25) is 19.3 Å². The number of nitrogens with zero attached hydrogens (tertiary/aromatic N) is 2. The molecule has 162 valence electrons. The first-order chi connectivity index (χ1) is 14.6. The summed E-state index contributed by atoms with van der Waals surface area (Å²) in [6.45, 7) is 1.37. The van der Waals surface area contributed by atoms with Gasteiger partial charge in [0, 0.05) is 13.1 Å². The van der Waals surface area contributed by atoms with E-state index in [-0.39, 0.29) is 36.1 Å². The third-order valence-corrected chi connectivity index (χ3v) is 7.19. The van der Waals surface area contributed by atoms with Gasteiger partial charge in [-0.25, -0.2) is 0 Å². The molecular formula is C24H32N2O4. The first-order valence-corrected chi connectivity index (χ1v) is 11.3. The number of imide groups is 1. The molecule has 0 radical (unpaired) electrons. The number of benzene rings is 1. The lowest BCUT2D eigenvalue weighted by molar-refractivity contribution is -0.147. The van der Waals surface area contributed by atoms with Crippen LogP contribution in [0.4, 0.5) is 0 Å². The van der Waals surface area contributed by atoms with Crippen molar-refractivity contribution in [1.29, 1.82) is 0 Å². The van der Waals surface area contributed by atoms with Gasteiger partial charge in [-0.2, -0.15) is 0 Å². The van der Waals surface area contributed by atoms with E-state index in [2.05, 4.69) is 12.1 Å². The molecule has 1 aliphatic carbocycles. The Morgan fingerprint density at radius 3 is 2.13 bits per heavy atom. The molecule has 4 rings (SSSR count). The highest BCUT2D eigenvalue weighted by molar-refractivity contribution is 6.07. The lowest BCUT2D eigenvalue weighted by Crippen LogP contribution is -2.46. The molecule has 2 aliphatic heterocycles. The van der Waals surface area contributed by atoms with E-state index in [1.165, 1.54) is 10.5 Å². The van der Waals surface area contributed by atoms with Gasteiger partial charge in [-0.05, 0) is 62.1 Å². The van der Waals surface area contributed by atoms with Gasteiger partial charge >= 0.3 is 0 Å². The first kappa shape index (κ1) is 20.9. The van der Waals surface area contributed by atoms with E-state index in [0.29, 0.717) is 5.92 Å². The summed E-state index contributed by atoms with van der Waals surface area (Å²) in [5, 5.41) is 0. The second-order valence-corrected chi connectivity index (χ2v) is 8.97. The van der Waals surface area contributed by atoms with Crippen molar-refractivity contribution in [3.8, 4) is 5.75 Å². The summed E-state index contributed by atoms with van der Waals surface area (Å²) < 4.78 is 5.20. The molecule has 2 atom stereocenters. The predicted molar refractivity (Wildman–Crippen MR) is 113 cm³/mol. The average molecular weight is 413 g/mol. The van der Waals surface area contributed by atoms with Gasteiger partial charge in [0.2, 0.25) is 17.7 Å². The minimum absolute atomic E-state index is 0.0683. The number of rotatable bonds is 6. The Bertz CT molecular complexity index is 759. The second kappa shape index (κ2) is 9.19. The normalized spacial score (nSPS) is 24.8. The Balaban J connectivity index is 1.23. The maximum Gasteiger partial charge on any atom is 0.242 e. The number of amides is 3. The minimum Gasteiger partial charge on any atom is -0.497 e.